The quantitative estimate of drug-likeness (QED) is 0.352. The molecule has 0 radical (unpaired) electrons. The minimum absolute atomic E-state index is 0.0506. The average molecular weight is 525 g/mol. The highest BCUT2D eigenvalue weighted by Gasteiger charge is 2.19. The number of carboxylic acid groups (broad SMARTS) is 1. The Morgan fingerprint density at radius 1 is 1.03 bits per heavy atom. The van der Waals surface area contributed by atoms with Gasteiger partial charge in [-0.3, -0.25) is 9.69 Å². The van der Waals surface area contributed by atoms with E-state index in [1.165, 1.54) is 12.3 Å². The van der Waals surface area contributed by atoms with Gasteiger partial charge in [0.25, 0.3) is 5.91 Å². The van der Waals surface area contributed by atoms with Gasteiger partial charge >= 0.3 is 6.09 Å². The molecule has 2 aromatic carbocycles. The van der Waals surface area contributed by atoms with Gasteiger partial charge in [0.05, 0.1) is 6.54 Å². The summed E-state index contributed by atoms with van der Waals surface area (Å²) in [6, 6.07) is 13.9. The van der Waals surface area contributed by atoms with Crippen molar-refractivity contribution in [1.82, 2.24) is 19.8 Å². The molecule has 0 saturated heterocycles. The van der Waals surface area contributed by atoms with Gasteiger partial charge in [0.1, 0.15) is 5.82 Å². The summed E-state index contributed by atoms with van der Waals surface area (Å²) in [5, 5.41) is 13.4. The van der Waals surface area contributed by atoms with Crippen molar-refractivity contribution in [1.29, 1.82) is 0 Å². The molecule has 2 amide bonds. The van der Waals surface area contributed by atoms with Gasteiger partial charge in [0, 0.05) is 42.6 Å². The maximum atomic E-state index is 12.8. The molecule has 0 bridgehead atoms. The first-order valence-electron chi connectivity index (χ1n) is 12.1. The van der Waals surface area contributed by atoms with Crippen LogP contribution in [0.15, 0.2) is 54.7 Å². The van der Waals surface area contributed by atoms with Gasteiger partial charge in [-0.15, -0.1) is 0 Å². The zero-order valence-electron chi connectivity index (χ0n) is 21.6. The fourth-order valence-electron chi connectivity index (χ4n) is 3.77. The van der Waals surface area contributed by atoms with Crippen molar-refractivity contribution in [3.8, 4) is 0 Å². The number of halogens is 1. The molecule has 37 heavy (non-hydrogen) atoms. The van der Waals surface area contributed by atoms with Gasteiger partial charge in [-0.2, -0.15) is 4.98 Å². The molecular weight excluding hydrogens is 492 g/mol. The summed E-state index contributed by atoms with van der Waals surface area (Å²) in [4.78, 5) is 38.5. The molecular formula is C27H33ClN6O3. The number of hydrogen-bond acceptors (Lipinski definition) is 6. The predicted molar refractivity (Wildman–Crippen MR) is 147 cm³/mol. The number of hydrogen-bond donors (Lipinski definition) is 2. The van der Waals surface area contributed by atoms with E-state index in [0.717, 1.165) is 35.7 Å². The topological polar surface area (TPSA) is 102 Å². The Bertz CT molecular complexity index is 1220. The maximum Gasteiger partial charge on any atom is 0.413 e. The lowest BCUT2D eigenvalue weighted by atomic mass is 10.1. The summed E-state index contributed by atoms with van der Waals surface area (Å²) in [5.41, 5.74) is 2.96. The minimum atomic E-state index is -1.14. The van der Waals surface area contributed by atoms with Crippen LogP contribution in [0.5, 0.6) is 0 Å². The number of nitrogens with one attached hydrogen (secondary N) is 1. The van der Waals surface area contributed by atoms with Gasteiger partial charge in [-0.1, -0.05) is 31.5 Å². The SMILES string of the molecule is CCN(CC)CCN(C)C(=O)c1ccc(Nc2nccc(N(Cc3cc(Cl)ccc3C)C(=O)O)n2)cc1. The second-order valence-electron chi connectivity index (χ2n) is 8.63. The van der Waals surface area contributed by atoms with Crippen LogP contribution >= 0.6 is 11.6 Å². The predicted octanol–water partition coefficient (Wildman–Crippen LogP) is 5.28. The zero-order chi connectivity index (χ0) is 26.9. The lowest BCUT2D eigenvalue weighted by molar-refractivity contribution is 0.0779. The summed E-state index contributed by atoms with van der Waals surface area (Å²) in [6.07, 6.45) is 0.353. The molecule has 3 aromatic rings. The molecule has 0 spiro atoms. The fourth-order valence-corrected chi connectivity index (χ4v) is 3.96. The lowest BCUT2D eigenvalue weighted by Gasteiger charge is -2.23. The van der Waals surface area contributed by atoms with Crippen molar-refractivity contribution < 1.29 is 14.7 Å². The first-order valence-corrected chi connectivity index (χ1v) is 12.5. The van der Waals surface area contributed by atoms with Gasteiger partial charge in [0.15, 0.2) is 0 Å². The van der Waals surface area contributed by atoms with Crippen molar-refractivity contribution in [2.75, 3.05) is 43.4 Å². The van der Waals surface area contributed by atoms with E-state index >= 15 is 0 Å². The van der Waals surface area contributed by atoms with Crippen molar-refractivity contribution >= 4 is 41.1 Å². The third-order valence-corrected chi connectivity index (χ3v) is 6.40. The molecule has 1 aromatic heterocycles. The molecule has 0 unspecified atom stereocenters. The second kappa shape index (κ2) is 13.0. The smallest absolute Gasteiger partial charge is 0.413 e. The highest BCUT2D eigenvalue weighted by atomic mass is 35.5. The number of carbonyl (C=O) groups is 2. The third-order valence-electron chi connectivity index (χ3n) is 6.17. The molecule has 0 atom stereocenters. The number of anilines is 3. The van der Waals surface area contributed by atoms with Crippen molar-refractivity contribution in [3.05, 3.63) is 76.4 Å². The number of likely N-dealkylation sites (N-methyl/N-ethyl adjacent to an activating group) is 2. The van der Waals surface area contributed by atoms with E-state index in [0.29, 0.717) is 22.8 Å². The van der Waals surface area contributed by atoms with Crippen LogP contribution in [0, 0.1) is 6.92 Å². The van der Waals surface area contributed by atoms with Crippen LogP contribution in [-0.2, 0) is 6.54 Å². The standard InChI is InChI=1S/C27H33ClN6O3/c1-5-33(6-2)16-15-32(4)25(35)20-8-11-23(12-9-20)30-26-29-14-13-24(31-26)34(27(36)37)18-21-17-22(28)10-7-19(21)3/h7-14,17H,5-6,15-16,18H2,1-4H3,(H,36,37)(H,29,30,31). The first-order chi connectivity index (χ1) is 17.7. The molecule has 9 nitrogen and oxygen atoms in total. The molecule has 2 N–H and O–H groups in total. The van der Waals surface area contributed by atoms with E-state index in [1.54, 1.807) is 48.3 Å². The summed E-state index contributed by atoms with van der Waals surface area (Å²) < 4.78 is 0. The largest absolute Gasteiger partial charge is 0.465 e. The highest BCUT2D eigenvalue weighted by molar-refractivity contribution is 6.30. The summed E-state index contributed by atoms with van der Waals surface area (Å²) >= 11 is 6.10. The van der Waals surface area contributed by atoms with Crippen molar-refractivity contribution in [2.45, 2.75) is 27.3 Å². The number of nitrogens with zero attached hydrogens (tertiary/aromatic N) is 5. The molecule has 0 aliphatic rings. The first kappa shape index (κ1) is 27.9. The summed E-state index contributed by atoms with van der Waals surface area (Å²) in [6.45, 7) is 9.58. The molecule has 0 fully saturated rings. The van der Waals surface area contributed by atoms with Crippen LogP contribution in [0.3, 0.4) is 0 Å². The number of amides is 2. The second-order valence-corrected chi connectivity index (χ2v) is 9.07. The normalized spacial score (nSPS) is 10.9. The van der Waals surface area contributed by atoms with E-state index in [9.17, 15) is 14.7 Å². The molecule has 3 rings (SSSR count). The van der Waals surface area contributed by atoms with Crippen LogP contribution in [0.1, 0.15) is 35.3 Å². The number of aromatic nitrogens is 2. The monoisotopic (exact) mass is 524 g/mol. The minimum Gasteiger partial charge on any atom is -0.465 e. The maximum absolute atomic E-state index is 12.8. The van der Waals surface area contributed by atoms with Crippen molar-refractivity contribution in [2.24, 2.45) is 0 Å². The van der Waals surface area contributed by atoms with Crippen LogP contribution in [-0.4, -0.2) is 70.1 Å². The molecule has 0 saturated carbocycles. The van der Waals surface area contributed by atoms with Gasteiger partial charge < -0.3 is 20.2 Å². The Hall–Kier alpha value is -3.69. The highest BCUT2D eigenvalue weighted by Crippen LogP contribution is 2.22. The molecule has 0 aliphatic carbocycles. The van der Waals surface area contributed by atoms with E-state index in [4.69, 9.17) is 11.6 Å². The number of aryl methyl sites for hydroxylation is 1. The molecule has 10 heteroatoms. The number of carbonyl (C=O) groups excluding carboxylic acids is 1. The zero-order valence-corrected chi connectivity index (χ0v) is 22.4. The van der Waals surface area contributed by atoms with Crippen LogP contribution in [0.4, 0.5) is 22.2 Å². The van der Waals surface area contributed by atoms with Gasteiger partial charge in [-0.05, 0) is 73.6 Å². The summed E-state index contributed by atoms with van der Waals surface area (Å²) in [7, 11) is 1.80. The van der Waals surface area contributed by atoms with Gasteiger partial charge in [-0.25, -0.2) is 9.78 Å². The van der Waals surface area contributed by atoms with Gasteiger partial charge in [0.2, 0.25) is 5.95 Å². The molecule has 1 heterocycles. The number of rotatable bonds is 11. The Balaban J connectivity index is 1.69. The Kier molecular flexibility index (Phi) is 9.82. The third kappa shape index (κ3) is 7.65. The molecule has 196 valence electrons. The average Bonchev–Trinajstić information content (AvgIpc) is 2.89. The Morgan fingerprint density at radius 3 is 2.38 bits per heavy atom. The Labute approximate surface area is 222 Å². The Morgan fingerprint density at radius 2 is 1.73 bits per heavy atom. The van der Waals surface area contributed by atoms with Crippen LogP contribution in [0.25, 0.3) is 0 Å². The van der Waals surface area contributed by atoms with Crippen molar-refractivity contribution in [3.63, 3.8) is 0 Å². The molecule has 0 aliphatic heterocycles. The van der Waals surface area contributed by atoms with E-state index in [2.05, 4.69) is 34.0 Å². The van der Waals surface area contributed by atoms with Crippen LogP contribution in [0.2, 0.25) is 5.02 Å². The van der Waals surface area contributed by atoms with Crippen LogP contribution < -0.4 is 10.2 Å². The fraction of sp³-hybridized carbons (Fsp3) is 0.333. The lowest BCUT2D eigenvalue weighted by Crippen LogP contribution is -2.36. The summed E-state index contributed by atoms with van der Waals surface area (Å²) in [5.74, 6) is 0.415. The van der Waals surface area contributed by atoms with E-state index in [1.807, 2.05) is 13.0 Å². The van der Waals surface area contributed by atoms with E-state index in [-0.39, 0.29) is 24.2 Å². The van der Waals surface area contributed by atoms with E-state index < -0.39 is 6.09 Å². The number of benzene rings is 2.